The van der Waals surface area contributed by atoms with Gasteiger partial charge in [0.2, 0.25) is 0 Å². The molecule has 1 N–H and O–H groups in total. The van der Waals surface area contributed by atoms with E-state index in [1.807, 2.05) is 10.8 Å². The van der Waals surface area contributed by atoms with Crippen LogP contribution >= 0.6 is 0 Å². The quantitative estimate of drug-likeness (QED) is 0.800. The third kappa shape index (κ3) is 2.59. The van der Waals surface area contributed by atoms with Gasteiger partial charge in [0.25, 0.3) is 0 Å². The van der Waals surface area contributed by atoms with Gasteiger partial charge in [-0.1, -0.05) is 11.6 Å². The van der Waals surface area contributed by atoms with Crippen molar-refractivity contribution in [2.75, 3.05) is 0 Å². The number of nitrogens with zero attached hydrogens (tertiary/aromatic N) is 3. The summed E-state index contributed by atoms with van der Waals surface area (Å²) in [6, 6.07) is 6.49. The summed E-state index contributed by atoms with van der Waals surface area (Å²) in [6.45, 7) is 7.53. The molecule has 1 aromatic carbocycles. The van der Waals surface area contributed by atoms with Gasteiger partial charge in [0.15, 0.2) is 0 Å². The fourth-order valence-corrected chi connectivity index (χ4v) is 2.91. The average molecular weight is 283 g/mol. The Kier molecular flexibility index (Phi) is 3.55. The van der Waals surface area contributed by atoms with E-state index < -0.39 is 6.10 Å². The third-order valence-electron chi connectivity index (χ3n) is 4.17. The highest BCUT2D eigenvalue weighted by molar-refractivity contribution is 5.85. The van der Waals surface area contributed by atoms with E-state index in [9.17, 15) is 5.11 Å². The van der Waals surface area contributed by atoms with Crippen LogP contribution in [0.5, 0.6) is 0 Å². The lowest BCUT2D eigenvalue weighted by Crippen LogP contribution is -2.22. The molecule has 0 radical (unpaired) electrons. The lowest BCUT2D eigenvalue weighted by atomic mass is 10.1. The van der Waals surface area contributed by atoms with E-state index in [1.165, 1.54) is 27.7 Å². The van der Waals surface area contributed by atoms with Crippen molar-refractivity contribution in [3.63, 3.8) is 0 Å². The zero-order chi connectivity index (χ0) is 15.0. The smallest absolute Gasteiger partial charge is 0.0946 e. The second kappa shape index (κ2) is 5.37. The number of rotatable bonds is 4. The van der Waals surface area contributed by atoms with E-state index in [1.54, 1.807) is 12.5 Å². The Morgan fingerprint density at radius 1 is 1.19 bits per heavy atom. The topological polar surface area (TPSA) is 43.0 Å². The van der Waals surface area contributed by atoms with Gasteiger partial charge in [-0.05, 0) is 38.5 Å². The van der Waals surface area contributed by atoms with E-state index in [0.717, 1.165) is 0 Å². The van der Waals surface area contributed by atoms with Gasteiger partial charge in [-0.3, -0.25) is 0 Å². The summed E-state index contributed by atoms with van der Waals surface area (Å²) >= 11 is 0. The molecule has 0 unspecified atom stereocenters. The monoisotopic (exact) mass is 283 g/mol. The largest absolute Gasteiger partial charge is 0.389 e. The van der Waals surface area contributed by atoms with Gasteiger partial charge in [-0.2, -0.15) is 0 Å². The Hall–Kier alpha value is -2.07. The maximum Gasteiger partial charge on any atom is 0.0946 e. The molecule has 21 heavy (non-hydrogen) atoms. The van der Waals surface area contributed by atoms with E-state index in [-0.39, 0.29) is 0 Å². The molecule has 0 aliphatic carbocycles. The van der Waals surface area contributed by atoms with Crippen LogP contribution in [0.4, 0.5) is 0 Å². The Bertz CT molecular complexity index is 756. The standard InChI is InChI=1S/C17H21N3O/c1-12-4-5-17-16(8-12)13(2)14(3)20(17)10-15(21)9-19-7-6-18-11-19/h4-8,11,15,21H,9-10H2,1-3H3/t15-/m1/s1. The molecule has 4 heteroatoms. The van der Waals surface area contributed by atoms with Crippen molar-refractivity contribution in [3.05, 3.63) is 53.7 Å². The number of hydrogen-bond acceptors (Lipinski definition) is 2. The van der Waals surface area contributed by atoms with Crippen LogP contribution in [-0.2, 0) is 13.1 Å². The van der Waals surface area contributed by atoms with Crippen molar-refractivity contribution in [3.8, 4) is 0 Å². The highest BCUT2D eigenvalue weighted by Gasteiger charge is 2.14. The fraction of sp³-hybridized carbons (Fsp3) is 0.353. The molecule has 1 atom stereocenters. The number of aliphatic hydroxyl groups is 1. The van der Waals surface area contributed by atoms with Crippen molar-refractivity contribution in [2.45, 2.75) is 40.0 Å². The molecule has 0 aliphatic heterocycles. The van der Waals surface area contributed by atoms with Crippen molar-refractivity contribution in [1.29, 1.82) is 0 Å². The Labute approximate surface area is 124 Å². The second-order valence-corrected chi connectivity index (χ2v) is 5.75. The van der Waals surface area contributed by atoms with Crippen LogP contribution in [0.3, 0.4) is 0 Å². The number of imidazole rings is 1. The van der Waals surface area contributed by atoms with Crippen molar-refractivity contribution in [1.82, 2.24) is 14.1 Å². The molecule has 3 rings (SSSR count). The first kappa shape index (κ1) is 13.9. The minimum absolute atomic E-state index is 0.436. The molecule has 2 heterocycles. The van der Waals surface area contributed by atoms with Crippen molar-refractivity contribution < 1.29 is 5.11 Å². The maximum absolute atomic E-state index is 10.4. The minimum Gasteiger partial charge on any atom is -0.389 e. The fourth-order valence-electron chi connectivity index (χ4n) is 2.91. The molecule has 0 saturated carbocycles. The number of fused-ring (bicyclic) bond motifs is 1. The van der Waals surface area contributed by atoms with Crippen LogP contribution in [0.2, 0.25) is 0 Å². The Morgan fingerprint density at radius 2 is 2.00 bits per heavy atom. The summed E-state index contributed by atoms with van der Waals surface area (Å²) in [4.78, 5) is 4.01. The van der Waals surface area contributed by atoms with Crippen LogP contribution in [0.25, 0.3) is 10.9 Å². The maximum atomic E-state index is 10.4. The van der Waals surface area contributed by atoms with Gasteiger partial charge in [-0.15, -0.1) is 0 Å². The SMILES string of the molecule is Cc1ccc2c(c1)c(C)c(C)n2C[C@H](O)Cn1ccnc1. The lowest BCUT2D eigenvalue weighted by Gasteiger charge is -2.15. The number of aryl methyl sites for hydroxylation is 2. The summed E-state index contributed by atoms with van der Waals surface area (Å²) in [5.41, 5.74) is 4.98. The van der Waals surface area contributed by atoms with E-state index in [0.29, 0.717) is 13.1 Å². The first-order chi connectivity index (χ1) is 10.1. The van der Waals surface area contributed by atoms with Gasteiger partial charge < -0.3 is 14.2 Å². The summed E-state index contributed by atoms with van der Waals surface area (Å²) in [5, 5.41) is 11.6. The van der Waals surface area contributed by atoms with E-state index >= 15 is 0 Å². The molecule has 0 amide bonds. The molecule has 0 aliphatic rings. The highest BCUT2D eigenvalue weighted by atomic mass is 16.3. The van der Waals surface area contributed by atoms with E-state index in [2.05, 4.69) is 48.5 Å². The molecule has 2 aromatic heterocycles. The van der Waals surface area contributed by atoms with Crippen molar-refractivity contribution in [2.24, 2.45) is 0 Å². The molecular formula is C17H21N3O. The van der Waals surface area contributed by atoms with Crippen LogP contribution in [-0.4, -0.2) is 25.3 Å². The van der Waals surface area contributed by atoms with Gasteiger partial charge in [0.1, 0.15) is 0 Å². The minimum atomic E-state index is -0.436. The first-order valence-corrected chi connectivity index (χ1v) is 7.26. The number of benzene rings is 1. The third-order valence-corrected chi connectivity index (χ3v) is 4.17. The molecular weight excluding hydrogens is 262 g/mol. The normalized spacial score (nSPS) is 13.0. The average Bonchev–Trinajstić information content (AvgIpc) is 3.02. The Balaban J connectivity index is 1.91. The van der Waals surface area contributed by atoms with Crippen LogP contribution in [0.1, 0.15) is 16.8 Å². The second-order valence-electron chi connectivity index (χ2n) is 5.75. The predicted molar refractivity (Wildman–Crippen MR) is 84.4 cm³/mol. The summed E-state index contributed by atoms with van der Waals surface area (Å²) in [5.74, 6) is 0. The Morgan fingerprint density at radius 3 is 2.71 bits per heavy atom. The predicted octanol–water partition coefficient (Wildman–Crippen LogP) is 2.82. The number of aromatic nitrogens is 3. The van der Waals surface area contributed by atoms with Gasteiger partial charge in [0.05, 0.1) is 25.5 Å². The number of hydrogen-bond donors (Lipinski definition) is 1. The molecule has 0 spiro atoms. The molecule has 0 fully saturated rings. The van der Waals surface area contributed by atoms with Gasteiger partial charge >= 0.3 is 0 Å². The molecule has 4 nitrogen and oxygen atoms in total. The summed E-state index contributed by atoms with van der Waals surface area (Å²) in [6.07, 6.45) is 4.90. The van der Waals surface area contributed by atoms with Crippen LogP contribution < -0.4 is 0 Å². The molecule has 110 valence electrons. The first-order valence-electron chi connectivity index (χ1n) is 7.26. The highest BCUT2D eigenvalue weighted by Crippen LogP contribution is 2.26. The molecule has 0 bridgehead atoms. The van der Waals surface area contributed by atoms with E-state index in [4.69, 9.17) is 0 Å². The zero-order valence-corrected chi connectivity index (χ0v) is 12.7. The summed E-state index contributed by atoms with van der Waals surface area (Å²) in [7, 11) is 0. The van der Waals surface area contributed by atoms with Crippen molar-refractivity contribution >= 4 is 10.9 Å². The number of aliphatic hydroxyl groups excluding tert-OH is 1. The lowest BCUT2D eigenvalue weighted by molar-refractivity contribution is 0.135. The van der Waals surface area contributed by atoms with Gasteiger partial charge in [0, 0.05) is 29.0 Å². The summed E-state index contributed by atoms with van der Waals surface area (Å²) < 4.78 is 4.12. The van der Waals surface area contributed by atoms with Crippen LogP contribution in [0.15, 0.2) is 36.9 Å². The van der Waals surface area contributed by atoms with Gasteiger partial charge in [-0.25, -0.2) is 4.98 Å². The molecule has 3 aromatic rings. The molecule has 0 saturated heterocycles. The zero-order valence-electron chi connectivity index (χ0n) is 12.7. The van der Waals surface area contributed by atoms with Crippen LogP contribution in [0, 0.1) is 20.8 Å².